The number of nitrogens with zero attached hydrogens (tertiary/aromatic N) is 2. The van der Waals surface area contributed by atoms with Crippen LogP contribution in [0.25, 0.3) is 22.4 Å². The molecule has 128 valence electrons. The molecule has 0 aliphatic rings. The van der Waals surface area contributed by atoms with Gasteiger partial charge in [-0.1, -0.05) is 12.1 Å². The molecule has 2 aromatic heterocycles. The Bertz CT molecular complexity index is 1160. The zero-order chi connectivity index (χ0) is 18.1. The van der Waals surface area contributed by atoms with E-state index in [0.29, 0.717) is 11.3 Å². The fourth-order valence-corrected chi connectivity index (χ4v) is 2.90. The summed E-state index contributed by atoms with van der Waals surface area (Å²) in [6.45, 7) is 0. The summed E-state index contributed by atoms with van der Waals surface area (Å²) in [5.41, 5.74) is 3.62. The lowest BCUT2D eigenvalue weighted by molar-refractivity contribution is 0.102. The van der Waals surface area contributed by atoms with Gasteiger partial charge in [0, 0.05) is 36.1 Å². The average Bonchev–Trinajstić information content (AvgIpc) is 2.99. The molecule has 6 nitrogen and oxygen atoms in total. The number of para-hydroxylation sites is 2. The molecule has 0 aliphatic carbocycles. The van der Waals surface area contributed by atoms with E-state index < -0.39 is 0 Å². The van der Waals surface area contributed by atoms with E-state index in [2.05, 4.69) is 15.3 Å². The van der Waals surface area contributed by atoms with Crippen molar-refractivity contribution >= 4 is 22.6 Å². The smallest absolute Gasteiger partial charge is 0.255 e. The summed E-state index contributed by atoms with van der Waals surface area (Å²) in [6.07, 6.45) is 1.45. The Morgan fingerprint density at radius 1 is 1.08 bits per heavy atom. The third-order valence-electron chi connectivity index (χ3n) is 4.23. The van der Waals surface area contributed by atoms with Gasteiger partial charge in [-0.2, -0.15) is 0 Å². The van der Waals surface area contributed by atoms with Gasteiger partial charge in [-0.25, -0.2) is 4.98 Å². The number of carbonyl (C=O) groups is 1. The SMILES string of the molecule is Cn1c(-c2ccc(NC(=O)c3cc[nH]c(=O)c3)cc2)nc2ccccc21. The Morgan fingerprint density at radius 2 is 1.85 bits per heavy atom. The molecule has 0 unspecified atom stereocenters. The number of imidazole rings is 1. The first-order chi connectivity index (χ1) is 12.6. The van der Waals surface area contributed by atoms with Crippen LogP contribution < -0.4 is 10.9 Å². The van der Waals surface area contributed by atoms with E-state index >= 15 is 0 Å². The number of H-pyrrole nitrogens is 1. The van der Waals surface area contributed by atoms with Crippen LogP contribution in [0.5, 0.6) is 0 Å². The highest BCUT2D eigenvalue weighted by atomic mass is 16.2. The molecule has 0 atom stereocenters. The zero-order valence-corrected chi connectivity index (χ0v) is 14.1. The summed E-state index contributed by atoms with van der Waals surface area (Å²) in [5, 5.41) is 2.79. The number of amides is 1. The Labute approximate surface area is 149 Å². The Balaban J connectivity index is 1.59. The van der Waals surface area contributed by atoms with Crippen LogP contribution in [-0.4, -0.2) is 20.4 Å². The maximum Gasteiger partial charge on any atom is 0.255 e. The molecule has 0 bridgehead atoms. The zero-order valence-electron chi connectivity index (χ0n) is 14.1. The van der Waals surface area contributed by atoms with Gasteiger partial charge in [-0.05, 0) is 42.5 Å². The van der Waals surface area contributed by atoms with Gasteiger partial charge in [0.15, 0.2) is 0 Å². The predicted molar refractivity (Wildman–Crippen MR) is 101 cm³/mol. The molecule has 2 heterocycles. The van der Waals surface area contributed by atoms with Gasteiger partial charge in [0.1, 0.15) is 5.82 Å². The molecular formula is C20H16N4O2. The average molecular weight is 344 g/mol. The van der Waals surface area contributed by atoms with E-state index in [1.807, 2.05) is 60.1 Å². The molecule has 0 fully saturated rings. The van der Waals surface area contributed by atoms with Crippen LogP contribution in [0.3, 0.4) is 0 Å². The molecule has 2 aromatic carbocycles. The summed E-state index contributed by atoms with van der Waals surface area (Å²) in [6, 6.07) is 18.3. The lowest BCUT2D eigenvalue weighted by Crippen LogP contribution is -2.15. The molecule has 2 N–H and O–H groups in total. The number of hydrogen-bond acceptors (Lipinski definition) is 3. The second-order valence-corrected chi connectivity index (χ2v) is 5.96. The molecule has 0 aliphatic heterocycles. The van der Waals surface area contributed by atoms with Crippen LogP contribution in [0.1, 0.15) is 10.4 Å². The predicted octanol–water partition coefficient (Wildman–Crippen LogP) is 3.18. The van der Waals surface area contributed by atoms with Crippen LogP contribution in [0, 0.1) is 0 Å². The number of benzene rings is 2. The van der Waals surface area contributed by atoms with Crippen LogP contribution in [0.2, 0.25) is 0 Å². The molecule has 0 saturated heterocycles. The number of nitrogens with one attached hydrogen (secondary N) is 2. The van der Waals surface area contributed by atoms with Crippen LogP contribution >= 0.6 is 0 Å². The van der Waals surface area contributed by atoms with Gasteiger partial charge in [-0.3, -0.25) is 9.59 Å². The minimum absolute atomic E-state index is 0.310. The second-order valence-electron chi connectivity index (χ2n) is 5.96. The fraction of sp³-hybridized carbons (Fsp3) is 0.0500. The third kappa shape index (κ3) is 2.88. The number of pyridine rings is 1. The maximum atomic E-state index is 12.2. The standard InChI is InChI=1S/C20H16N4O2/c1-24-17-5-3-2-4-16(17)23-19(24)13-6-8-15(9-7-13)22-20(26)14-10-11-21-18(25)12-14/h2-12H,1H3,(H,21,25)(H,22,26). The summed E-state index contributed by atoms with van der Waals surface area (Å²) in [5.74, 6) is 0.533. The summed E-state index contributed by atoms with van der Waals surface area (Å²) in [7, 11) is 1.98. The van der Waals surface area contributed by atoms with Crippen molar-refractivity contribution in [3.05, 3.63) is 82.8 Å². The van der Waals surface area contributed by atoms with E-state index in [9.17, 15) is 9.59 Å². The van der Waals surface area contributed by atoms with Crippen molar-refractivity contribution in [1.82, 2.24) is 14.5 Å². The van der Waals surface area contributed by atoms with Crippen LogP contribution in [-0.2, 0) is 7.05 Å². The molecule has 0 radical (unpaired) electrons. The van der Waals surface area contributed by atoms with Crippen LogP contribution in [0.15, 0.2) is 71.7 Å². The first-order valence-corrected chi connectivity index (χ1v) is 8.14. The topological polar surface area (TPSA) is 79.8 Å². The number of carbonyl (C=O) groups excluding carboxylic acids is 1. The summed E-state index contributed by atoms with van der Waals surface area (Å²) >= 11 is 0. The monoisotopic (exact) mass is 344 g/mol. The van der Waals surface area contributed by atoms with E-state index in [1.54, 1.807) is 6.07 Å². The van der Waals surface area contributed by atoms with Gasteiger partial charge in [-0.15, -0.1) is 0 Å². The Hall–Kier alpha value is -3.67. The van der Waals surface area contributed by atoms with Crippen molar-refractivity contribution in [1.29, 1.82) is 0 Å². The molecule has 26 heavy (non-hydrogen) atoms. The van der Waals surface area contributed by atoms with Gasteiger partial charge < -0.3 is 14.9 Å². The fourth-order valence-electron chi connectivity index (χ4n) is 2.90. The van der Waals surface area contributed by atoms with Gasteiger partial charge in [0.2, 0.25) is 5.56 Å². The van der Waals surface area contributed by atoms with Crippen molar-refractivity contribution in [2.24, 2.45) is 7.05 Å². The van der Waals surface area contributed by atoms with Crippen LogP contribution in [0.4, 0.5) is 5.69 Å². The van der Waals surface area contributed by atoms with Crippen molar-refractivity contribution in [2.45, 2.75) is 0 Å². The van der Waals surface area contributed by atoms with E-state index in [1.165, 1.54) is 12.3 Å². The van der Waals surface area contributed by atoms with E-state index in [-0.39, 0.29) is 11.5 Å². The number of anilines is 1. The highest BCUT2D eigenvalue weighted by Crippen LogP contribution is 2.24. The molecule has 4 rings (SSSR count). The van der Waals surface area contributed by atoms with Gasteiger partial charge in [0.05, 0.1) is 11.0 Å². The normalized spacial score (nSPS) is 10.8. The van der Waals surface area contributed by atoms with Crippen molar-refractivity contribution in [2.75, 3.05) is 5.32 Å². The number of rotatable bonds is 3. The largest absolute Gasteiger partial charge is 0.329 e. The van der Waals surface area contributed by atoms with Crippen molar-refractivity contribution in [3.8, 4) is 11.4 Å². The summed E-state index contributed by atoms with van der Waals surface area (Å²) in [4.78, 5) is 30.7. The number of aromatic amines is 1. The number of aromatic nitrogens is 3. The Kier molecular flexibility index (Phi) is 3.85. The maximum absolute atomic E-state index is 12.2. The van der Waals surface area contributed by atoms with Gasteiger partial charge in [0.25, 0.3) is 5.91 Å². The van der Waals surface area contributed by atoms with Crippen molar-refractivity contribution in [3.63, 3.8) is 0 Å². The molecular weight excluding hydrogens is 328 g/mol. The first kappa shape index (κ1) is 15.8. The number of fused-ring (bicyclic) bond motifs is 1. The molecule has 0 spiro atoms. The molecule has 6 heteroatoms. The number of aryl methyl sites for hydroxylation is 1. The molecule has 1 amide bonds. The van der Waals surface area contributed by atoms with E-state index in [4.69, 9.17) is 0 Å². The van der Waals surface area contributed by atoms with Crippen molar-refractivity contribution < 1.29 is 4.79 Å². The van der Waals surface area contributed by atoms with E-state index in [0.717, 1.165) is 22.4 Å². The quantitative estimate of drug-likeness (QED) is 0.599. The number of hydrogen-bond donors (Lipinski definition) is 2. The highest BCUT2D eigenvalue weighted by molar-refractivity contribution is 6.04. The lowest BCUT2D eigenvalue weighted by Gasteiger charge is -2.07. The Morgan fingerprint density at radius 3 is 2.58 bits per heavy atom. The molecule has 4 aromatic rings. The minimum atomic E-state index is -0.327. The molecule has 0 saturated carbocycles. The lowest BCUT2D eigenvalue weighted by atomic mass is 10.2. The first-order valence-electron chi connectivity index (χ1n) is 8.14. The summed E-state index contributed by atoms with van der Waals surface area (Å²) < 4.78 is 2.04. The minimum Gasteiger partial charge on any atom is -0.329 e. The highest BCUT2D eigenvalue weighted by Gasteiger charge is 2.10. The van der Waals surface area contributed by atoms with Gasteiger partial charge >= 0.3 is 0 Å². The second kappa shape index (κ2) is 6.33. The third-order valence-corrected chi connectivity index (χ3v) is 4.23.